The van der Waals surface area contributed by atoms with Crippen LogP contribution >= 0.6 is 0 Å². The molecule has 0 spiro atoms. The van der Waals surface area contributed by atoms with Gasteiger partial charge in [-0.2, -0.15) is 13.2 Å². The number of nitrogens with one attached hydrogen (secondary N) is 1. The highest BCUT2D eigenvalue weighted by Gasteiger charge is 2.26. The van der Waals surface area contributed by atoms with Crippen LogP contribution in [0.15, 0.2) is 18.2 Å². The lowest BCUT2D eigenvalue weighted by molar-refractivity contribution is -0.133. The van der Waals surface area contributed by atoms with Crippen LogP contribution in [0.3, 0.4) is 0 Å². The topological polar surface area (TPSA) is 21.3 Å². The van der Waals surface area contributed by atoms with E-state index >= 15 is 0 Å². The van der Waals surface area contributed by atoms with Gasteiger partial charge in [0.05, 0.1) is 13.0 Å². The number of ether oxygens (including phenoxy) is 1. The first-order chi connectivity index (χ1) is 8.99. The van der Waals surface area contributed by atoms with Crippen LogP contribution in [0.1, 0.15) is 36.9 Å². The molecule has 0 aliphatic carbocycles. The summed E-state index contributed by atoms with van der Waals surface area (Å²) < 4.78 is 41.8. The summed E-state index contributed by atoms with van der Waals surface area (Å²) >= 11 is 0. The Bertz CT molecular complexity index is 431. The number of fused-ring (bicyclic) bond motifs is 1. The zero-order chi connectivity index (χ0) is 13.9. The van der Waals surface area contributed by atoms with E-state index in [1.807, 2.05) is 25.1 Å². The van der Waals surface area contributed by atoms with Crippen molar-refractivity contribution in [3.63, 3.8) is 0 Å². The molecule has 0 amide bonds. The molecule has 1 atom stereocenters. The number of alkyl halides is 3. The Morgan fingerprint density at radius 2 is 2.16 bits per heavy atom. The largest absolute Gasteiger partial charge is 0.493 e. The molecule has 0 saturated carbocycles. The number of hydrogen-bond donors (Lipinski definition) is 1. The highest BCUT2D eigenvalue weighted by molar-refractivity contribution is 5.40. The van der Waals surface area contributed by atoms with Crippen molar-refractivity contribution in [1.29, 1.82) is 0 Å². The number of halogens is 3. The first-order valence-corrected chi connectivity index (χ1v) is 6.55. The standard InChI is InChI=1S/C14H18F3NO/c1-2-12(18-7-6-14(15,16)17)10-3-4-13-11(9-10)5-8-19-13/h3-4,9,12,18H,2,5-8H2,1H3. The zero-order valence-electron chi connectivity index (χ0n) is 10.9. The molecule has 0 aromatic heterocycles. The predicted molar refractivity (Wildman–Crippen MR) is 67.3 cm³/mol. The number of hydrogen-bond acceptors (Lipinski definition) is 2. The Balaban J connectivity index is 1.97. The van der Waals surface area contributed by atoms with Gasteiger partial charge in [0, 0.05) is 19.0 Å². The summed E-state index contributed by atoms with van der Waals surface area (Å²) in [4.78, 5) is 0. The second kappa shape index (κ2) is 5.82. The van der Waals surface area contributed by atoms with Crippen LogP contribution in [0.25, 0.3) is 0 Å². The Labute approximate surface area is 111 Å². The van der Waals surface area contributed by atoms with Crippen molar-refractivity contribution in [1.82, 2.24) is 5.32 Å². The fourth-order valence-corrected chi connectivity index (χ4v) is 2.31. The molecule has 2 rings (SSSR count). The quantitative estimate of drug-likeness (QED) is 0.884. The molecular weight excluding hydrogens is 255 g/mol. The molecule has 1 unspecified atom stereocenters. The summed E-state index contributed by atoms with van der Waals surface area (Å²) in [5.41, 5.74) is 2.18. The minimum absolute atomic E-state index is 0.0340. The highest BCUT2D eigenvalue weighted by Crippen LogP contribution is 2.29. The van der Waals surface area contributed by atoms with E-state index in [0.717, 1.165) is 29.7 Å². The third-order valence-electron chi connectivity index (χ3n) is 3.32. The van der Waals surface area contributed by atoms with Gasteiger partial charge < -0.3 is 10.1 Å². The molecule has 1 N–H and O–H groups in total. The molecule has 1 aromatic rings. The highest BCUT2D eigenvalue weighted by atomic mass is 19.4. The van der Waals surface area contributed by atoms with Crippen LogP contribution in [0.4, 0.5) is 13.2 Å². The third-order valence-corrected chi connectivity index (χ3v) is 3.32. The molecule has 0 radical (unpaired) electrons. The number of benzene rings is 1. The van der Waals surface area contributed by atoms with E-state index in [4.69, 9.17) is 4.74 Å². The smallest absolute Gasteiger partial charge is 0.390 e. The molecule has 1 heterocycles. The molecule has 0 fully saturated rings. The molecule has 106 valence electrons. The van der Waals surface area contributed by atoms with Gasteiger partial charge in [-0.3, -0.25) is 0 Å². The van der Waals surface area contributed by atoms with Gasteiger partial charge in [0.25, 0.3) is 0 Å². The predicted octanol–water partition coefficient (Wildman–Crippen LogP) is 3.61. The van der Waals surface area contributed by atoms with Crippen molar-refractivity contribution >= 4 is 0 Å². The van der Waals surface area contributed by atoms with Crippen LogP contribution in [0.5, 0.6) is 5.75 Å². The van der Waals surface area contributed by atoms with E-state index in [2.05, 4.69) is 5.32 Å². The minimum Gasteiger partial charge on any atom is -0.493 e. The van der Waals surface area contributed by atoms with E-state index in [0.29, 0.717) is 6.61 Å². The van der Waals surface area contributed by atoms with Crippen LogP contribution < -0.4 is 10.1 Å². The van der Waals surface area contributed by atoms with Gasteiger partial charge in [-0.1, -0.05) is 19.1 Å². The minimum atomic E-state index is -4.10. The summed E-state index contributed by atoms with van der Waals surface area (Å²) in [5, 5.41) is 2.97. The summed E-state index contributed by atoms with van der Waals surface area (Å²) in [5.74, 6) is 0.897. The average molecular weight is 273 g/mol. The average Bonchev–Trinajstić information content (AvgIpc) is 2.80. The first-order valence-electron chi connectivity index (χ1n) is 6.55. The van der Waals surface area contributed by atoms with Crippen molar-refractivity contribution in [2.45, 2.75) is 38.4 Å². The third kappa shape index (κ3) is 3.86. The van der Waals surface area contributed by atoms with Crippen molar-refractivity contribution < 1.29 is 17.9 Å². The monoisotopic (exact) mass is 273 g/mol. The molecule has 1 aliphatic heterocycles. The second-order valence-corrected chi connectivity index (χ2v) is 4.75. The molecule has 19 heavy (non-hydrogen) atoms. The molecule has 1 aliphatic rings. The van der Waals surface area contributed by atoms with Gasteiger partial charge in [-0.25, -0.2) is 0 Å². The Morgan fingerprint density at radius 1 is 1.37 bits per heavy atom. The second-order valence-electron chi connectivity index (χ2n) is 4.75. The Morgan fingerprint density at radius 3 is 2.84 bits per heavy atom. The summed E-state index contributed by atoms with van der Waals surface area (Å²) in [6, 6.07) is 5.84. The van der Waals surface area contributed by atoms with E-state index in [1.54, 1.807) is 0 Å². The maximum absolute atomic E-state index is 12.1. The molecule has 5 heteroatoms. The molecule has 0 bridgehead atoms. The van der Waals surface area contributed by atoms with Gasteiger partial charge in [0.15, 0.2) is 0 Å². The van der Waals surface area contributed by atoms with Gasteiger partial charge in [-0.15, -0.1) is 0 Å². The summed E-state index contributed by atoms with van der Waals surface area (Å²) in [7, 11) is 0. The van der Waals surface area contributed by atoms with E-state index in [-0.39, 0.29) is 12.6 Å². The van der Waals surface area contributed by atoms with Gasteiger partial charge in [0.2, 0.25) is 0 Å². The lowest BCUT2D eigenvalue weighted by atomic mass is 10.0. The lowest BCUT2D eigenvalue weighted by Crippen LogP contribution is -2.25. The molecule has 1 aromatic carbocycles. The normalized spacial score (nSPS) is 16.0. The van der Waals surface area contributed by atoms with E-state index in [9.17, 15) is 13.2 Å². The Hall–Kier alpha value is -1.23. The van der Waals surface area contributed by atoms with Crippen molar-refractivity contribution in [3.8, 4) is 5.75 Å². The van der Waals surface area contributed by atoms with Crippen LogP contribution in [0.2, 0.25) is 0 Å². The molecule has 0 saturated heterocycles. The van der Waals surface area contributed by atoms with Crippen LogP contribution in [-0.4, -0.2) is 19.3 Å². The SMILES string of the molecule is CCC(NCCC(F)(F)F)c1ccc2c(c1)CCO2. The Kier molecular flexibility index (Phi) is 4.34. The van der Waals surface area contributed by atoms with Crippen molar-refractivity contribution in [2.24, 2.45) is 0 Å². The fraction of sp³-hybridized carbons (Fsp3) is 0.571. The molecular formula is C14H18F3NO. The summed E-state index contributed by atoms with van der Waals surface area (Å²) in [6.07, 6.45) is -3.26. The van der Waals surface area contributed by atoms with Crippen LogP contribution in [0, 0.1) is 0 Å². The maximum Gasteiger partial charge on any atom is 0.390 e. The van der Waals surface area contributed by atoms with Gasteiger partial charge >= 0.3 is 6.18 Å². The maximum atomic E-state index is 12.1. The zero-order valence-corrected chi connectivity index (χ0v) is 10.9. The summed E-state index contributed by atoms with van der Waals surface area (Å²) in [6.45, 7) is 2.61. The van der Waals surface area contributed by atoms with E-state index < -0.39 is 12.6 Å². The first kappa shape index (κ1) is 14.2. The fourth-order valence-electron chi connectivity index (χ4n) is 2.31. The van der Waals surface area contributed by atoms with Gasteiger partial charge in [-0.05, 0) is 23.6 Å². The lowest BCUT2D eigenvalue weighted by Gasteiger charge is -2.18. The number of rotatable bonds is 5. The van der Waals surface area contributed by atoms with Crippen molar-refractivity contribution in [3.05, 3.63) is 29.3 Å². The molecule has 2 nitrogen and oxygen atoms in total. The van der Waals surface area contributed by atoms with Crippen LogP contribution in [-0.2, 0) is 6.42 Å². The van der Waals surface area contributed by atoms with Gasteiger partial charge in [0.1, 0.15) is 5.75 Å². The van der Waals surface area contributed by atoms with E-state index in [1.165, 1.54) is 0 Å². The van der Waals surface area contributed by atoms with Crippen molar-refractivity contribution in [2.75, 3.05) is 13.2 Å².